The van der Waals surface area contributed by atoms with Crippen LogP contribution in [0.5, 0.6) is 5.75 Å². The number of carbonyl (C=O) groups excluding carboxylic acids is 3. The molecule has 2 N–H and O–H groups in total. The van der Waals surface area contributed by atoms with Crippen molar-refractivity contribution in [2.75, 3.05) is 12.4 Å². The van der Waals surface area contributed by atoms with E-state index >= 15 is 0 Å². The second-order valence-electron chi connectivity index (χ2n) is 6.28. The standard InChI is InChI=1S/C20H24N2O5S/c1-11-13(3)28-19(22-14(4)23)17(11)20(25)27-12(2)18(24)21-10-15-6-8-16(26-5)9-7-15/h6-9,12H,10H2,1-5H3,(H,21,24)(H,22,23)/t12-/m0/s1. The second-order valence-corrected chi connectivity index (χ2v) is 7.51. The summed E-state index contributed by atoms with van der Waals surface area (Å²) >= 11 is 1.30. The van der Waals surface area contributed by atoms with Crippen LogP contribution in [-0.2, 0) is 20.9 Å². The summed E-state index contributed by atoms with van der Waals surface area (Å²) < 4.78 is 10.4. The lowest BCUT2D eigenvalue weighted by Crippen LogP contribution is -2.35. The molecule has 0 aliphatic heterocycles. The summed E-state index contributed by atoms with van der Waals surface area (Å²) in [5, 5.41) is 5.81. The highest BCUT2D eigenvalue weighted by Gasteiger charge is 2.25. The number of hydrogen-bond donors (Lipinski definition) is 2. The number of hydrogen-bond acceptors (Lipinski definition) is 6. The van der Waals surface area contributed by atoms with E-state index in [-0.39, 0.29) is 11.5 Å². The van der Waals surface area contributed by atoms with Crippen molar-refractivity contribution in [2.45, 2.75) is 40.3 Å². The Hall–Kier alpha value is -2.87. The number of ether oxygens (including phenoxy) is 2. The summed E-state index contributed by atoms with van der Waals surface area (Å²) in [4.78, 5) is 37.1. The van der Waals surface area contributed by atoms with Crippen LogP contribution in [0.15, 0.2) is 24.3 Å². The maximum atomic E-state index is 12.6. The van der Waals surface area contributed by atoms with Crippen molar-refractivity contribution in [1.82, 2.24) is 5.32 Å². The maximum Gasteiger partial charge on any atom is 0.342 e. The summed E-state index contributed by atoms with van der Waals surface area (Å²) in [5.41, 5.74) is 1.90. The SMILES string of the molecule is COc1ccc(CNC(=O)[C@H](C)OC(=O)c2c(NC(C)=O)sc(C)c2C)cc1. The number of esters is 1. The van der Waals surface area contributed by atoms with Gasteiger partial charge in [0.15, 0.2) is 6.10 Å². The summed E-state index contributed by atoms with van der Waals surface area (Å²) in [7, 11) is 1.58. The average Bonchev–Trinajstić information content (AvgIpc) is 2.92. The highest BCUT2D eigenvalue weighted by Crippen LogP contribution is 2.33. The first-order valence-corrected chi connectivity index (χ1v) is 9.53. The number of nitrogens with one attached hydrogen (secondary N) is 2. The number of rotatable bonds is 7. The van der Waals surface area contributed by atoms with Gasteiger partial charge in [0.25, 0.3) is 5.91 Å². The minimum Gasteiger partial charge on any atom is -0.497 e. The van der Waals surface area contributed by atoms with Crippen molar-refractivity contribution in [1.29, 1.82) is 0 Å². The van der Waals surface area contributed by atoms with Crippen molar-refractivity contribution < 1.29 is 23.9 Å². The highest BCUT2D eigenvalue weighted by molar-refractivity contribution is 7.16. The molecule has 0 saturated heterocycles. The predicted molar refractivity (Wildman–Crippen MR) is 108 cm³/mol. The molecule has 1 aromatic heterocycles. The molecule has 0 saturated carbocycles. The first-order chi connectivity index (χ1) is 13.2. The van der Waals surface area contributed by atoms with Gasteiger partial charge in [-0.05, 0) is 44.0 Å². The van der Waals surface area contributed by atoms with Crippen LogP contribution in [0.25, 0.3) is 0 Å². The molecule has 0 radical (unpaired) electrons. The monoisotopic (exact) mass is 404 g/mol. The minimum absolute atomic E-state index is 0.277. The molecule has 150 valence electrons. The second kappa shape index (κ2) is 9.36. The Morgan fingerprint density at radius 3 is 2.36 bits per heavy atom. The van der Waals surface area contributed by atoms with E-state index in [4.69, 9.17) is 9.47 Å². The van der Waals surface area contributed by atoms with Crippen molar-refractivity contribution in [3.63, 3.8) is 0 Å². The third kappa shape index (κ3) is 5.32. The first kappa shape index (κ1) is 21.4. The van der Waals surface area contributed by atoms with E-state index in [1.807, 2.05) is 19.1 Å². The molecule has 0 bridgehead atoms. The van der Waals surface area contributed by atoms with E-state index in [0.717, 1.165) is 21.8 Å². The van der Waals surface area contributed by atoms with Gasteiger partial charge in [0.2, 0.25) is 5.91 Å². The van der Waals surface area contributed by atoms with Gasteiger partial charge in [-0.1, -0.05) is 12.1 Å². The molecule has 2 aromatic rings. The molecule has 2 rings (SSSR count). The number of carbonyl (C=O) groups is 3. The molecular weight excluding hydrogens is 380 g/mol. The van der Waals surface area contributed by atoms with Crippen LogP contribution in [0, 0.1) is 13.8 Å². The lowest BCUT2D eigenvalue weighted by molar-refractivity contribution is -0.129. The van der Waals surface area contributed by atoms with Crippen molar-refractivity contribution in [3.8, 4) is 5.75 Å². The highest BCUT2D eigenvalue weighted by atomic mass is 32.1. The zero-order chi connectivity index (χ0) is 20.8. The van der Waals surface area contributed by atoms with E-state index < -0.39 is 18.0 Å². The third-order valence-corrected chi connectivity index (χ3v) is 5.28. The first-order valence-electron chi connectivity index (χ1n) is 8.72. The topological polar surface area (TPSA) is 93.7 Å². The fraction of sp³-hybridized carbons (Fsp3) is 0.350. The van der Waals surface area contributed by atoms with Crippen LogP contribution >= 0.6 is 11.3 Å². The molecule has 0 fully saturated rings. The summed E-state index contributed by atoms with van der Waals surface area (Å²) in [5.74, 6) is -0.595. The van der Waals surface area contributed by atoms with Gasteiger partial charge in [-0.25, -0.2) is 4.79 Å². The van der Waals surface area contributed by atoms with E-state index in [1.54, 1.807) is 26.2 Å². The van der Waals surface area contributed by atoms with Crippen molar-refractivity contribution in [2.24, 2.45) is 0 Å². The molecule has 1 aromatic carbocycles. The number of benzene rings is 1. The van der Waals surface area contributed by atoms with E-state index in [9.17, 15) is 14.4 Å². The van der Waals surface area contributed by atoms with Crippen LogP contribution < -0.4 is 15.4 Å². The molecular formula is C20H24N2O5S. The minimum atomic E-state index is -0.976. The Balaban J connectivity index is 1.99. The molecule has 1 heterocycles. The Morgan fingerprint density at radius 1 is 1.14 bits per heavy atom. The number of anilines is 1. The van der Waals surface area contributed by atoms with Crippen LogP contribution in [0.3, 0.4) is 0 Å². The van der Waals surface area contributed by atoms with Crippen molar-refractivity contribution >= 4 is 34.1 Å². The maximum absolute atomic E-state index is 12.6. The molecule has 0 spiro atoms. The van der Waals surface area contributed by atoms with Gasteiger partial charge in [-0.15, -0.1) is 11.3 Å². The third-order valence-electron chi connectivity index (χ3n) is 4.16. The predicted octanol–water partition coefficient (Wildman–Crippen LogP) is 3.19. The average molecular weight is 404 g/mol. The molecule has 28 heavy (non-hydrogen) atoms. The zero-order valence-electron chi connectivity index (χ0n) is 16.5. The molecule has 7 nitrogen and oxygen atoms in total. The zero-order valence-corrected chi connectivity index (χ0v) is 17.4. The Kier molecular flexibility index (Phi) is 7.17. The van der Waals surface area contributed by atoms with Crippen molar-refractivity contribution in [3.05, 3.63) is 45.8 Å². The van der Waals surface area contributed by atoms with Gasteiger partial charge >= 0.3 is 5.97 Å². The normalized spacial score (nSPS) is 11.5. The van der Waals surface area contributed by atoms with Gasteiger partial charge in [-0.2, -0.15) is 0 Å². The quantitative estimate of drug-likeness (QED) is 0.691. The van der Waals surface area contributed by atoms with E-state index in [0.29, 0.717) is 11.5 Å². The van der Waals surface area contributed by atoms with Gasteiger partial charge in [0, 0.05) is 18.3 Å². The lowest BCUT2D eigenvalue weighted by Gasteiger charge is -2.14. The molecule has 2 amide bonds. The lowest BCUT2D eigenvalue weighted by atomic mass is 10.1. The smallest absolute Gasteiger partial charge is 0.342 e. The molecule has 0 unspecified atom stereocenters. The van der Waals surface area contributed by atoms with Crippen LogP contribution in [0.1, 0.15) is 40.2 Å². The van der Waals surface area contributed by atoms with Gasteiger partial charge in [-0.3, -0.25) is 9.59 Å². The Morgan fingerprint density at radius 2 is 1.79 bits per heavy atom. The largest absolute Gasteiger partial charge is 0.497 e. The number of methoxy groups -OCH3 is 1. The van der Waals surface area contributed by atoms with Crippen LogP contribution in [0.2, 0.25) is 0 Å². The molecule has 1 atom stereocenters. The Labute approximate surface area is 168 Å². The Bertz CT molecular complexity index is 873. The molecule has 0 aliphatic carbocycles. The number of aryl methyl sites for hydroxylation is 1. The van der Waals surface area contributed by atoms with Gasteiger partial charge in [0.1, 0.15) is 10.8 Å². The number of amides is 2. The molecule has 8 heteroatoms. The summed E-state index contributed by atoms with van der Waals surface area (Å²) in [6.45, 7) is 6.82. The fourth-order valence-electron chi connectivity index (χ4n) is 2.47. The van der Waals surface area contributed by atoms with E-state index in [2.05, 4.69) is 10.6 Å². The molecule has 0 aliphatic rings. The fourth-order valence-corrected chi connectivity index (χ4v) is 3.56. The summed E-state index contributed by atoms with van der Waals surface area (Å²) in [6, 6.07) is 7.28. The van der Waals surface area contributed by atoms with Crippen LogP contribution in [0.4, 0.5) is 5.00 Å². The number of thiophene rings is 1. The van der Waals surface area contributed by atoms with Gasteiger partial charge < -0.3 is 20.1 Å². The van der Waals surface area contributed by atoms with Gasteiger partial charge in [0.05, 0.1) is 12.7 Å². The summed E-state index contributed by atoms with van der Waals surface area (Å²) in [6.07, 6.45) is -0.976. The van der Waals surface area contributed by atoms with Crippen LogP contribution in [-0.4, -0.2) is 31.0 Å². The van der Waals surface area contributed by atoms with E-state index in [1.165, 1.54) is 25.2 Å².